The molecular weight excluding hydrogens is 328 g/mol. The molecule has 1 atom stereocenters. The van der Waals surface area contributed by atoms with Gasteiger partial charge in [0.05, 0.1) is 6.54 Å². The molecule has 23 heavy (non-hydrogen) atoms. The van der Waals surface area contributed by atoms with E-state index in [0.717, 1.165) is 62.6 Å². The number of piperazine rings is 1. The van der Waals surface area contributed by atoms with Gasteiger partial charge in [0.1, 0.15) is 5.82 Å². The van der Waals surface area contributed by atoms with Gasteiger partial charge in [-0.15, -0.1) is 0 Å². The van der Waals surface area contributed by atoms with Gasteiger partial charge in [0.25, 0.3) is 0 Å². The third-order valence-corrected chi connectivity index (χ3v) is 5.63. The predicted molar refractivity (Wildman–Crippen MR) is 102 cm³/mol. The number of aromatic nitrogens is 2. The number of hydrogen-bond donors (Lipinski definition) is 1. The number of guanidine groups is 1. The number of nitrogens with one attached hydrogen (secondary N) is 1. The second kappa shape index (κ2) is 9.32. The number of thioether (sulfide) groups is 1. The maximum absolute atomic E-state index is 4.79. The molecule has 0 aromatic carbocycles. The van der Waals surface area contributed by atoms with Crippen LogP contribution in [0.25, 0.3) is 0 Å². The van der Waals surface area contributed by atoms with Crippen molar-refractivity contribution in [1.29, 1.82) is 0 Å². The van der Waals surface area contributed by atoms with Crippen LogP contribution in [0, 0.1) is 0 Å². The molecule has 0 radical (unpaired) electrons. The summed E-state index contributed by atoms with van der Waals surface area (Å²) in [5, 5.41) is 5.03. The lowest BCUT2D eigenvalue weighted by Gasteiger charge is -2.36. The average Bonchev–Trinajstić information content (AvgIpc) is 3.07. The number of aliphatic imine (C=N–C) groups is 1. The summed E-state index contributed by atoms with van der Waals surface area (Å²) in [4.78, 5) is 14.1. The van der Waals surface area contributed by atoms with Gasteiger partial charge in [-0.05, 0) is 13.2 Å². The first-order valence-corrected chi connectivity index (χ1v) is 10.4. The largest absolute Gasteiger partial charge is 0.357 e. The SMILES string of the molecule is CCNC(=NCC(C)SC)N1CCN(c2nc(CC)ns2)CC1. The summed E-state index contributed by atoms with van der Waals surface area (Å²) < 4.78 is 4.39. The Morgan fingerprint density at radius 1 is 1.35 bits per heavy atom. The van der Waals surface area contributed by atoms with Crippen LogP contribution < -0.4 is 10.2 Å². The van der Waals surface area contributed by atoms with Crippen molar-refractivity contribution >= 4 is 34.4 Å². The van der Waals surface area contributed by atoms with Crippen molar-refractivity contribution < 1.29 is 0 Å². The minimum absolute atomic E-state index is 0.554. The van der Waals surface area contributed by atoms with E-state index in [9.17, 15) is 0 Å². The van der Waals surface area contributed by atoms with Crippen LogP contribution >= 0.6 is 23.3 Å². The van der Waals surface area contributed by atoms with Gasteiger partial charge >= 0.3 is 0 Å². The fourth-order valence-corrected chi connectivity index (χ4v) is 3.37. The van der Waals surface area contributed by atoms with E-state index in [1.165, 1.54) is 11.5 Å². The Morgan fingerprint density at radius 3 is 2.65 bits per heavy atom. The molecule has 0 bridgehead atoms. The molecule has 0 amide bonds. The van der Waals surface area contributed by atoms with Gasteiger partial charge in [-0.2, -0.15) is 16.1 Å². The van der Waals surface area contributed by atoms with E-state index in [1.54, 1.807) is 0 Å². The smallest absolute Gasteiger partial charge is 0.205 e. The highest BCUT2D eigenvalue weighted by atomic mass is 32.2. The summed E-state index contributed by atoms with van der Waals surface area (Å²) in [6.45, 7) is 12.1. The van der Waals surface area contributed by atoms with Crippen LogP contribution in [-0.2, 0) is 6.42 Å². The fraction of sp³-hybridized carbons (Fsp3) is 0.800. The van der Waals surface area contributed by atoms with Gasteiger partial charge < -0.3 is 15.1 Å². The lowest BCUT2D eigenvalue weighted by atomic mass is 10.3. The van der Waals surface area contributed by atoms with Crippen molar-refractivity contribution in [2.75, 3.05) is 50.4 Å². The predicted octanol–water partition coefficient (Wildman–Crippen LogP) is 1.94. The number of anilines is 1. The van der Waals surface area contributed by atoms with E-state index < -0.39 is 0 Å². The van der Waals surface area contributed by atoms with E-state index in [4.69, 9.17) is 4.99 Å². The minimum atomic E-state index is 0.554. The van der Waals surface area contributed by atoms with Gasteiger partial charge in [0.2, 0.25) is 5.13 Å². The highest BCUT2D eigenvalue weighted by Crippen LogP contribution is 2.19. The average molecular weight is 357 g/mol. The minimum Gasteiger partial charge on any atom is -0.357 e. The molecular formula is C15H28N6S2. The van der Waals surface area contributed by atoms with E-state index in [2.05, 4.69) is 51.5 Å². The molecule has 1 N–H and O–H groups in total. The summed E-state index contributed by atoms with van der Waals surface area (Å²) in [6, 6.07) is 0. The summed E-state index contributed by atoms with van der Waals surface area (Å²) in [5.41, 5.74) is 0. The summed E-state index contributed by atoms with van der Waals surface area (Å²) >= 11 is 3.37. The summed E-state index contributed by atoms with van der Waals surface area (Å²) in [5.74, 6) is 1.99. The standard InChI is InChI=1S/C15H28N6S2/c1-5-13-18-15(23-19-13)21-9-7-20(8-10-21)14(16-6-2)17-11-12(3)22-4/h12H,5-11H2,1-4H3,(H,16,17). The molecule has 1 aromatic rings. The molecule has 1 aliphatic rings. The third kappa shape index (κ3) is 5.24. The summed E-state index contributed by atoms with van der Waals surface area (Å²) in [7, 11) is 0. The molecule has 0 aliphatic carbocycles. The first-order valence-electron chi connectivity index (χ1n) is 8.31. The lowest BCUT2D eigenvalue weighted by molar-refractivity contribution is 0.372. The molecule has 1 fully saturated rings. The van der Waals surface area contributed by atoms with Gasteiger partial charge in [-0.1, -0.05) is 13.8 Å². The van der Waals surface area contributed by atoms with Crippen LogP contribution in [0.4, 0.5) is 5.13 Å². The Bertz CT molecular complexity index is 496. The monoisotopic (exact) mass is 356 g/mol. The van der Waals surface area contributed by atoms with Crippen LogP contribution in [-0.4, -0.2) is 71.0 Å². The molecule has 0 spiro atoms. The fourth-order valence-electron chi connectivity index (χ4n) is 2.34. The quantitative estimate of drug-likeness (QED) is 0.621. The zero-order valence-electron chi connectivity index (χ0n) is 14.6. The zero-order valence-corrected chi connectivity index (χ0v) is 16.2. The highest BCUT2D eigenvalue weighted by molar-refractivity contribution is 7.99. The molecule has 6 nitrogen and oxygen atoms in total. The van der Waals surface area contributed by atoms with E-state index >= 15 is 0 Å². The van der Waals surface area contributed by atoms with Gasteiger partial charge in [-0.25, -0.2) is 4.98 Å². The maximum Gasteiger partial charge on any atom is 0.205 e. The number of rotatable bonds is 6. The molecule has 8 heteroatoms. The van der Waals surface area contributed by atoms with Crippen molar-refractivity contribution in [1.82, 2.24) is 19.6 Å². The second-order valence-corrected chi connectivity index (χ2v) is 7.57. The molecule has 1 aliphatic heterocycles. The number of nitrogens with zero attached hydrogens (tertiary/aromatic N) is 5. The maximum atomic E-state index is 4.79. The first kappa shape index (κ1) is 18.3. The number of hydrogen-bond acceptors (Lipinski definition) is 6. The third-order valence-electron chi connectivity index (χ3n) is 3.86. The number of aryl methyl sites for hydroxylation is 1. The van der Waals surface area contributed by atoms with Gasteiger partial charge in [-0.3, -0.25) is 4.99 Å². The Hall–Kier alpha value is -1.02. The van der Waals surface area contributed by atoms with Crippen molar-refractivity contribution in [2.45, 2.75) is 32.4 Å². The second-order valence-electron chi connectivity index (χ2n) is 5.56. The normalized spacial score (nSPS) is 17.5. The van der Waals surface area contributed by atoms with Gasteiger partial charge in [0.15, 0.2) is 5.96 Å². The van der Waals surface area contributed by atoms with E-state index in [-0.39, 0.29) is 0 Å². The van der Waals surface area contributed by atoms with Gasteiger partial charge in [0, 0.05) is 55.9 Å². The molecule has 1 saturated heterocycles. The summed E-state index contributed by atoms with van der Waals surface area (Å²) in [6.07, 6.45) is 3.04. The van der Waals surface area contributed by atoms with E-state index in [0.29, 0.717) is 5.25 Å². The zero-order chi connectivity index (χ0) is 16.7. The van der Waals surface area contributed by atoms with Crippen molar-refractivity contribution in [2.24, 2.45) is 4.99 Å². The first-order chi connectivity index (χ1) is 11.2. The van der Waals surface area contributed by atoms with E-state index in [1.807, 2.05) is 11.8 Å². The van der Waals surface area contributed by atoms with Crippen LogP contribution in [0.1, 0.15) is 26.6 Å². The lowest BCUT2D eigenvalue weighted by Crippen LogP contribution is -2.52. The van der Waals surface area contributed by atoms with Crippen molar-refractivity contribution in [3.8, 4) is 0 Å². The Kier molecular flexibility index (Phi) is 7.42. The molecule has 130 valence electrons. The van der Waals surface area contributed by atoms with Crippen molar-refractivity contribution in [3.63, 3.8) is 0 Å². The van der Waals surface area contributed by atoms with Crippen molar-refractivity contribution in [3.05, 3.63) is 5.82 Å². The highest BCUT2D eigenvalue weighted by Gasteiger charge is 2.22. The Balaban J connectivity index is 1.92. The van der Waals surface area contributed by atoms with Crippen LogP contribution in [0.2, 0.25) is 0 Å². The Labute approximate surface area is 147 Å². The molecule has 0 saturated carbocycles. The Morgan fingerprint density at radius 2 is 2.09 bits per heavy atom. The van der Waals surface area contributed by atoms with Crippen LogP contribution in [0.15, 0.2) is 4.99 Å². The molecule has 2 heterocycles. The molecule has 1 unspecified atom stereocenters. The molecule has 2 rings (SSSR count). The topological polar surface area (TPSA) is 56.7 Å². The molecule has 1 aromatic heterocycles. The van der Waals surface area contributed by atoms with Crippen LogP contribution in [0.5, 0.6) is 0 Å². The van der Waals surface area contributed by atoms with Crippen LogP contribution in [0.3, 0.4) is 0 Å².